The molecule has 2 aromatic heterocycles. The first-order chi connectivity index (χ1) is 15.8. The fraction of sp³-hybridized carbons (Fsp3) is 0.619. The number of rotatable bonds is 4. The zero-order valence-electron chi connectivity index (χ0n) is 18.1. The molecule has 3 aliphatic rings. The van der Waals surface area contributed by atoms with Crippen molar-refractivity contribution in [2.24, 2.45) is 0 Å². The highest BCUT2D eigenvalue weighted by atomic mass is 16.7. The molecule has 2 unspecified atom stereocenters. The molecule has 5 rings (SSSR count). The van der Waals surface area contributed by atoms with E-state index in [-0.39, 0.29) is 24.2 Å². The highest BCUT2D eigenvalue weighted by Crippen LogP contribution is 2.40. The second-order valence-corrected chi connectivity index (χ2v) is 8.92. The molecule has 2 aromatic rings. The van der Waals surface area contributed by atoms with E-state index in [0.29, 0.717) is 17.6 Å². The van der Waals surface area contributed by atoms with Gasteiger partial charge < -0.3 is 35.1 Å². The minimum absolute atomic E-state index is 0.174. The van der Waals surface area contributed by atoms with Crippen molar-refractivity contribution in [2.45, 2.75) is 67.8 Å². The Morgan fingerprint density at radius 2 is 2.09 bits per heavy atom. The van der Waals surface area contributed by atoms with Crippen molar-refractivity contribution in [3.63, 3.8) is 0 Å². The number of carbonyl (C=O) groups excluding carboxylic acids is 1. The normalized spacial score (nSPS) is 36.1. The molecule has 3 fully saturated rings. The van der Waals surface area contributed by atoms with E-state index in [1.807, 2.05) is 6.07 Å². The molecule has 3 saturated heterocycles. The number of fused-ring (bicyclic) bond motifs is 3. The summed E-state index contributed by atoms with van der Waals surface area (Å²) in [6.07, 6.45) is -0.424. The van der Waals surface area contributed by atoms with Crippen LogP contribution in [0.1, 0.15) is 31.4 Å². The van der Waals surface area contributed by atoms with Crippen LogP contribution in [-0.2, 0) is 19.8 Å². The fourth-order valence-corrected chi connectivity index (χ4v) is 5.33. The molecule has 2 bridgehead atoms. The SMILES string of the molecule is CN1C2CCC1CC(OC(=O)OC[C@H]1O[C@@](C#N)(c3ccc4c(N)ncnn34)[C@H](O)[C@@H]1O)C2. The first-order valence-electron chi connectivity index (χ1n) is 10.9. The molecule has 12 nitrogen and oxygen atoms in total. The molecule has 33 heavy (non-hydrogen) atoms. The van der Waals surface area contributed by atoms with Gasteiger partial charge in [-0.1, -0.05) is 0 Å². The van der Waals surface area contributed by atoms with Crippen molar-refractivity contribution in [1.29, 1.82) is 5.26 Å². The zero-order valence-corrected chi connectivity index (χ0v) is 18.1. The van der Waals surface area contributed by atoms with Gasteiger partial charge >= 0.3 is 6.16 Å². The van der Waals surface area contributed by atoms with E-state index < -0.39 is 30.1 Å². The minimum Gasteiger partial charge on any atom is -0.431 e. The maximum Gasteiger partial charge on any atom is 0.508 e. The van der Waals surface area contributed by atoms with E-state index in [4.69, 9.17) is 19.9 Å². The lowest BCUT2D eigenvalue weighted by Crippen LogP contribution is -2.43. The smallest absolute Gasteiger partial charge is 0.431 e. The van der Waals surface area contributed by atoms with Crippen molar-refractivity contribution in [2.75, 3.05) is 19.4 Å². The topological polar surface area (TPSA) is 168 Å². The Balaban J connectivity index is 1.26. The summed E-state index contributed by atoms with van der Waals surface area (Å²) in [6.45, 7) is -0.388. The first-order valence-corrected chi connectivity index (χ1v) is 10.9. The van der Waals surface area contributed by atoms with Gasteiger partial charge in [0.1, 0.15) is 48.9 Å². The highest BCUT2D eigenvalue weighted by Gasteiger charge is 2.58. The molecule has 5 heterocycles. The predicted molar refractivity (Wildman–Crippen MR) is 112 cm³/mol. The van der Waals surface area contributed by atoms with Crippen LogP contribution in [0.5, 0.6) is 0 Å². The number of nitriles is 1. The molecule has 176 valence electrons. The van der Waals surface area contributed by atoms with Crippen molar-refractivity contribution in [1.82, 2.24) is 19.5 Å². The molecule has 0 aliphatic carbocycles. The zero-order chi connectivity index (χ0) is 23.3. The van der Waals surface area contributed by atoms with Gasteiger partial charge in [0.25, 0.3) is 0 Å². The Morgan fingerprint density at radius 3 is 2.79 bits per heavy atom. The average molecular weight is 458 g/mol. The Bertz CT molecular complexity index is 1090. The molecule has 3 aliphatic heterocycles. The van der Waals surface area contributed by atoms with Gasteiger partial charge in [0.05, 0.1) is 5.69 Å². The van der Waals surface area contributed by atoms with Gasteiger partial charge in [-0.25, -0.2) is 14.3 Å². The molecule has 4 N–H and O–H groups in total. The third-order valence-corrected chi connectivity index (χ3v) is 7.17. The van der Waals surface area contributed by atoms with Crippen LogP contribution in [0.25, 0.3) is 5.52 Å². The number of piperidine rings is 1. The number of hydrogen-bond acceptors (Lipinski definition) is 11. The predicted octanol–water partition coefficient (Wildman–Crippen LogP) is -0.0706. The maximum absolute atomic E-state index is 12.3. The standard InChI is InChI=1S/C21H26N6O6/c1-26-11-2-3-12(26)7-13(6-11)32-20(30)31-8-15-17(28)18(29)21(9-22,33-15)16-5-4-14-19(23)24-10-25-27(14)16/h4-5,10-13,15,17-18,28-29H,2-3,6-8H2,1H3,(H2,23,24,25)/t11?,12?,13?,15-,17-,18-,21+/m1/s1. The van der Waals surface area contributed by atoms with Crippen molar-refractivity contribution in [3.05, 3.63) is 24.2 Å². The maximum atomic E-state index is 12.3. The van der Waals surface area contributed by atoms with Crippen LogP contribution < -0.4 is 5.73 Å². The second kappa shape index (κ2) is 8.11. The van der Waals surface area contributed by atoms with Gasteiger partial charge in [-0.15, -0.1) is 0 Å². The molecule has 0 aromatic carbocycles. The molecular formula is C21H26N6O6. The number of aromatic nitrogens is 3. The molecule has 0 saturated carbocycles. The number of hydrogen-bond donors (Lipinski definition) is 3. The van der Waals surface area contributed by atoms with Crippen LogP contribution in [0, 0.1) is 11.3 Å². The summed E-state index contributed by atoms with van der Waals surface area (Å²) in [7, 11) is 2.09. The van der Waals surface area contributed by atoms with Gasteiger partial charge in [-0.05, 0) is 32.0 Å². The van der Waals surface area contributed by atoms with Crippen LogP contribution >= 0.6 is 0 Å². The number of aliphatic hydroxyl groups excluding tert-OH is 2. The lowest BCUT2D eigenvalue weighted by atomic mass is 9.92. The van der Waals surface area contributed by atoms with Gasteiger partial charge in [0.15, 0.2) is 5.82 Å². The van der Waals surface area contributed by atoms with Gasteiger partial charge in [-0.2, -0.15) is 10.4 Å². The lowest BCUT2D eigenvalue weighted by Gasteiger charge is -2.35. The van der Waals surface area contributed by atoms with E-state index in [9.17, 15) is 20.3 Å². The molecule has 6 atom stereocenters. The number of aliphatic hydroxyl groups is 2. The summed E-state index contributed by atoms with van der Waals surface area (Å²) < 4.78 is 17.8. The molecule has 12 heteroatoms. The number of nitrogens with two attached hydrogens (primary N) is 1. The van der Waals surface area contributed by atoms with Gasteiger partial charge in [0, 0.05) is 24.9 Å². The summed E-state index contributed by atoms with van der Waals surface area (Å²) in [6, 6.07) is 5.86. The Hall–Kier alpha value is -2.98. The Morgan fingerprint density at radius 1 is 1.36 bits per heavy atom. The number of carbonyl (C=O) groups is 1. The quantitative estimate of drug-likeness (QED) is 0.524. The fourth-order valence-electron chi connectivity index (χ4n) is 5.33. The molecule has 0 spiro atoms. The van der Waals surface area contributed by atoms with E-state index in [0.717, 1.165) is 25.7 Å². The summed E-state index contributed by atoms with van der Waals surface area (Å²) in [5, 5.41) is 35.3. The van der Waals surface area contributed by atoms with Crippen LogP contribution in [-0.4, -0.2) is 86.0 Å². The van der Waals surface area contributed by atoms with E-state index >= 15 is 0 Å². The average Bonchev–Trinajstić information content (AvgIpc) is 3.39. The third-order valence-electron chi connectivity index (χ3n) is 7.17. The molecule has 0 radical (unpaired) electrons. The number of nitrogen functional groups attached to an aromatic ring is 1. The summed E-state index contributed by atoms with van der Waals surface area (Å²) in [4.78, 5) is 18.5. The summed E-state index contributed by atoms with van der Waals surface area (Å²) in [5.74, 6) is 0.183. The van der Waals surface area contributed by atoms with Crippen molar-refractivity contribution in [3.8, 4) is 6.07 Å². The van der Waals surface area contributed by atoms with Crippen LogP contribution in [0.2, 0.25) is 0 Å². The van der Waals surface area contributed by atoms with E-state index in [1.165, 1.54) is 16.9 Å². The number of nitrogens with zero attached hydrogens (tertiary/aromatic N) is 5. The molecular weight excluding hydrogens is 432 g/mol. The number of anilines is 1. The monoisotopic (exact) mass is 458 g/mol. The largest absolute Gasteiger partial charge is 0.508 e. The lowest BCUT2D eigenvalue weighted by molar-refractivity contribution is -0.0780. The van der Waals surface area contributed by atoms with Crippen LogP contribution in [0.3, 0.4) is 0 Å². The van der Waals surface area contributed by atoms with Crippen LogP contribution in [0.4, 0.5) is 10.6 Å². The van der Waals surface area contributed by atoms with Crippen molar-refractivity contribution >= 4 is 17.5 Å². The minimum atomic E-state index is -1.95. The second-order valence-electron chi connectivity index (χ2n) is 8.92. The number of ether oxygens (including phenoxy) is 3. The van der Waals surface area contributed by atoms with Gasteiger partial charge in [0.2, 0.25) is 5.60 Å². The van der Waals surface area contributed by atoms with Crippen LogP contribution in [0.15, 0.2) is 18.5 Å². The summed E-state index contributed by atoms with van der Waals surface area (Å²) >= 11 is 0. The van der Waals surface area contributed by atoms with Crippen molar-refractivity contribution < 1.29 is 29.2 Å². The van der Waals surface area contributed by atoms with E-state index in [1.54, 1.807) is 6.07 Å². The Labute approximate surface area is 189 Å². The van der Waals surface area contributed by atoms with E-state index in [2.05, 4.69) is 22.0 Å². The Kier molecular flexibility index (Phi) is 5.37. The molecule has 0 amide bonds. The van der Waals surface area contributed by atoms with Gasteiger partial charge in [-0.3, -0.25) is 0 Å². The highest BCUT2D eigenvalue weighted by molar-refractivity contribution is 5.66. The first kappa shape index (κ1) is 21.8. The summed E-state index contributed by atoms with van der Waals surface area (Å²) in [5.41, 5.74) is 4.49. The third kappa shape index (κ3) is 3.48.